The van der Waals surface area contributed by atoms with Crippen molar-refractivity contribution in [1.29, 1.82) is 10.5 Å². The van der Waals surface area contributed by atoms with Gasteiger partial charge in [0.25, 0.3) is 14.4 Å². The van der Waals surface area contributed by atoms with Gasteiger partial charge in [-0.15, -0.1) is 0 Å². The Kier molecular flexibility index (Phi) is 29.6. The Morgan fingerprint density at radius 2 is 1.20 bits per heavy atom. The summed E-state index contributed by atoms with van der Waals surface area (Å²) in [5.74, 6) is 0.922. The monoisotopic (exact) mass is 1670 g/mol. The largest absolute Gasteiger partial charge is 0.497 e. The summed E-state index contributed by atoms with van der Waals surface area (Å²) in [5, 5.41) is 39.2. The highest BCUT2D eigenvalue weighted by molar-refractivity contribution is 7.48. The lowest BCUT2D eigenvalue weighted by atomic mass is 9.80. The van der Waals surface area contributed by atoms with E-state index < -0.39 is 90.3 Å². The van der Waals surface area contributed by atoms with Gasteiger partial charge in [0.05, 0.1) is 84.4 Å². The van der Waals surface area contributed by atoms with E-state index in [1.54, 1.807) is 42.5 Å². The van der Waals surface area contributed by atoms with Crippen molar-refractivity contribution >= 4 is 68.2 Å². The number of nitrogens with zero attached hydrogens (tertiary/aromatic N) is 12. The van der Waals surface area contributed by atoms with Gasteiger partial charge in [-0.05, 0) is 134 Å². The van der Waals surface area contributed by atoms with Crippen molar-refractivity contribution in [3.63, 3.8) is 0 Å². The van der Waals surface area contributed by atoms with Gasteiger partial charge in [0, 0.05) is 63.0 Å². The molecule has 6 heterocycles. The highest BCUT2D eigenvalue weighted by atomic mass is 31.2. The molecule has 120 heavy (non-hydrogen) atoms. The number of ether oxygens (including phenoxy) is 6. The fourth-order valence-electron chi connectivity index (χ4n) is 15.1. The van der Waals surface area contributed by atoms with Gasteiger partial charge in [-0.1, -0.05) is 129 Å². The first-order chi connectivity index (χ1) is 58.2. The third-order valence-corrected chi connectivity index (χ3v) is 24.8. The van der Waals surface area contributed by atoms with E-state index in [4.69, 9.17) is 61.0 Å². The van der Waals surface area contributed by atoms with Crippen LogP contribution in [0.4, 0.5) is 16.4 Å². The van der Waals surface area contributed by atoms with Crippen molar-refractivity contribution in [3.05, 3.63) is 216 Å². The van der Waals surface area contributed by atoms with Crippen LogP contribution < -0.4 is 25.4 Å². The van der Waals surface area contributed by atoms with Crippen LogP contribution >= 0.6 is 16.3 Å². The van der Waals surface area contributed by atoms with Crippen molar-refractivity contribution in [2.75, 3.05) is 71.5 Å². The summed E-state index contributed by atoms with van der Waals surface area (Å²) in [4.78, 5) is 70.3. The Hall–Kier alpha value is -10.6. The van der Waals surface area contributed by atoms with Gasteiger partial charge in [-0.25, -0.2) is 43.9 Å². The van der Waals surface area contributed by atoms with Crippen LogP contribution in [0.2, 0.25) is 0 Å². The number of amides is 3. The fraction of sp³-hybridized carbons (Fsp3) is 0.414. The number of carbonyl (C=O) groups excluding carboxylic acids is 3. The van der Waals surface area contributed by atoms with Crippen LogP contribution in [-0.4, -0.2) is 175 Å². The summed E-state index contributed by atoms with van der Waals surface area (Å²) >= 11 is 0. The summed E-state index contributed by atoms with van der Waals surface area (Å²) in [6.07, 6.45) is -0.196. The number of hydrogen-bond acceptors (Lipinski definition) is 26. The third kappa shape index (κ3) is 20.7. The molecule has 3 aliphatic rings. The van der Waals surface area contributed by atoms with Gasteiger partial charge in [0.1, 0.15) is 73.4 Å². The van der Waals surface area contributed by atoms with E-state index in [0.717, 1.165) is 39.8 Å². The highest BCUT2D eigenvalue weighted by Gasteiger charge is 2.49. The van der Waals surface area contributed by atoms with Crippen molar-refractivity contribution in [1.82, 2.24) is 53.9 Å². The number of nitriles is 2. The minimum Gasteiger partial charge on any atom is -0.497 e. The molecule has 0 bridgehead atoms. The number of methoxy groups -OCH3 is 2. The third-order valence-electron chi connectivity index (χ3n) is 21.2. The summed E-state index contributed by atoms with van der Waals surface area (Å²) in [5.41, 5.74) is 7.39. The second kappa shape index (κ2) is 40.7. The first kappa shape index (κ1) is 87.3. The summed E-state index contributed by atoms with van der Waals surface area (Å²) in [6.45, 7) is 11.9. The minimum absolute atomic E-state index is 0.0212. The van der Waals surface area contributed by atoms with E-state index >= 15 is 4.57 Å². The quantitative estimate of drug-likeness (QED) is 0.0120. The molecule has 6 aromatic carbocycles. The number of nitrogens with one attached hydrogen (secondary N) is 3. The van der Waals surface area contributed by atoms with Crippen LogP contribution in [0.25, 0.3) is 33.5 Å². The number of aliphatic hydroxyl groups excluding tert-OH is 1. The second-order valence-corrected chi connectivity index (χ2v) is 33.4. The van der Waals surface area contributed by atoms with Crippen molar-refractivity contribution in [2.45, 2.75) is 166 Å². The van der Waals surface area contributed by atoms with E-state index in [2.05, 4.69) is 90.8 Å². The lowest BCUT2D eigenvalue weighted by molar-refractivity contribution is -0.116. The van der Waals surface area contributed by atoms with E-state index in [1.807, 2.05) is 143 Å². The van der Waals surface area contributed by atoms with Gasteiger partial charge in [0.15, 0.2) is 34.0 Å². The molecule has 33 heteroatoms. The summed E-state index contributed by atoms with van der Waals surface area (Å²) in [7, 11) is -2.07. The molecule has 5 unspecified atom stereocenters. The number of anilines is 2. The first-order valence-corrected chi connectivity index (χ1v) is 42.8. The second-order valence-electron chi connectivity index (χ2n) is 30.4. The predicted molar refractivity (Wildman–Crippen MR) is 448 cm³/mol. The zero-order valence-electron chi connectivity index (χ0n) is 68.5. The molecule has 10 aromatic rings. The van der Waals surface area contributed by atoms with E-state index in [1.165, 1.54) is 30.2 Å². The van der Waals surface area contributed by atoms with Gasteiger partial charge in [-0.3, -0.25) is 37.6 Å². The van der Waals surface area contributed by atoms with Crippen LogP contribution in [0.5, 0.6) is 11.5 Å². The van der Waals surface area contributed by atoms with E-state index in [0.29, 0.717) is 53.5 Å². The maximum atomic E-state index is 16.2. The average Bonchev–Trinajstić information content (AvgIpc) is 0.774. The lowest BCUT2D eigenvalue weighted by Gasteiger charge is -2.37. The van der Waals surface area contributed by atoms with Crippen molar-refractivity contribution in [2.24, 2.45) is 5.92 Å². The average molecular weight is 1670 g/mol. The molecule has 0 radical (unpaired) electrons. The summed E-state index contributed by atoms with van der Waals surface area (Å²) < 4.78 is 93.4. The molecule has 0 saturated carbocycles. The number of hydrogen-bond donors (Lipinski definition) is 4. The van der Waals surface area contributed by atoms with Gasteiger partial charge >= 0.3 is 13.9 Å². The molecule has 2 aliphatic heterocycles. The molecule has 13 rings (SSSR count). The number of imidazole rings is 2. The maximum Gasteiger partial charge on any atom is 0.475 e. The predicted octanol–water partition coefficient (Wildman–Crippen LogP) is 15.1. The number of phosphoric ester groups is 1. The van der Waals surface area contributed by atoms with Crippen LogP contribution in [0.1, 0.15) is 155 Å². The van der Waals surface area contributed by atoms with E-state index in [-0.39, 0.29) is 116 Å². The van der Waals surface area contributed by atoms with Crippen LogP contribution in [-0.2, 0) is 63.1 Å². The van der Waals surface area contributed by atoms with Crippen LogP contribution in [0, 0.1) is 28.6 Å². The smallest absolute Gasteiger partial charge is 0.475 e. The normalized spacial score (nSPS) is 18.2. The van der Waals surface area contributed by atoms with Crippen molar-refractivity contribution in [3.8, 4) is 34.8 Å². The highest BCUT2D eigenvalue weighted by Crippen LogP contribution is 2.56. The lowest BCUT2D eigenvalue weighted by Crippen LogP contribution is -2.38. The standard InChI is InChI=1S/C87H101N15O16P2/c1-56(2)27-40-75(103)90-48-59-28-30-60(31-29-59)85(105)98-82-80-84(94-53-92-82)101(55-96-80)78-47-72(73(115-78)50-111-87(61-20-11-10-12-21-61,62-32-36-64(108-8)37-33-62)63-34-38-65(109-9)39-35-63)118-120(107,113-45-19-42-89)114-51-74-71(117-119(112-44-18-41-88)102(57(3)4)58(5)6)46-77(116-74)100-54-95-79-81(91-52-93-83(79)100)97-76(104)26-17-43-99(7)86(106)110-49-70-68-24-15-13-22-66(68)67-23-14-16-25-69(67)70/h10-16,20-25,28-39,52-58,70-75,77-78,90,103H,17-19,26-27,40,43-51H2,1-9H3,(H,91,93,97,104)(H,92,94,98,105)/t71?,72?,73-,74-,75?,77-,78-,119?,120?/m1/s1. The number of aromatic nitrogens is 8. The molecule has 9 atom stereocenters. The number of carbonyl (C=O) groups is 3. The molecular formula is C87H101N15O16P2. The molecule has 3 amide bonds. The Morgan fingerprint density at radius 3 is 1.77 bits per heavy atom. The Balaban J connectivity index is 0.772. The topological polar surface area (TPSA) is 367 Å². The molecule has 4 N–H and O–H groups in total. The molecule has 630 valence electrons. The number of fused-ring (bicyclic) bond motifs is 5. The number of benzene rings is 6. The van der Waals surface area contributed by atoms with E-state index in [9.17, 15) is 30.0 Å². The van der Waals surface area contributed by atoms with Crippen molar-refractivity contribution < 1.29 is 75.1 Å². The molecule has 0 spiro atoms. The molecule has 31 nitrogen and oxygen atoms in total. The fourth-order valence-corrected chi connectivity index (χ4v) is 18.3. The number of aliphatic hydroxyl groups is 1. The Bertz CT molecular complexity index is 5150. The zero-order valence-corrected chi connectivity index (χ0v) is 70.3. The van der Waals surface area contributed by atoms with Crippen LogP contribution in [0.3, 0.4) is 0 Å². The Labute approximate surface area is 698 Å². The number of rotatable bonds is 41. The molecule has 2 fully saturated rings. The minimum atomic E-state index is -4.93. The SMILES string of the molecule is COc1ccc(C(OC[C@H]2O[C@@H](n3cnc4c(NC(=O)c5ccc(CNC(O)CCC(C)C)cc5)ncnc43)CC2OP(=O)(OCCC#N)OC[C@H]2O[C@@H](n3cnc4c(NC(=O)CCCN(C)C(=O)OCC5c6ccccc6-c6ccccc65)ncnc43)CC2OP(OCCC#N)N(C(C)C)C(C)C)(c2ccccc2)c2ccc(OC)cc2)cc1. The molecule has 4 aromatic heterocycles. The summed E-state index contributed by atoms with van der Waals surface area (Å²) in [6, 6.07) is 51.9. The van der Waals surface area contributed by atoms with Crippen LogP contribution in [0.15, 0.2) is 177 Å². The molecule has 2 saturated heterocycles. The van der Waals surface area contributed by atoms with Gasteiger partial charge in [0.2, 0.25) is 5.91 Å². The zero-order chi connectivity index (χ0) is 84.5. The Morgan fingerprint density at radius 1 is 0.650 bits per heavy atom. The number of phosphoric acid groups is 1. The first-order valence-electron chi connectivity index (χ1n) is 40.2. The molecular weight excluding hydrogens is 1570 g/mol. The molecule has 1 aliphatic carbocycles. The van der Waals surface area contributed by atoms with Gasteiger partial charge in [-0.2, -0.15) is 10.5 Å². The maximum absolute atomic E-state index is 16.2. The van der Waals surface area contributed by atoms with Gasteiger partial charge < -0.3 is 58.1 Å².